The second-order valence-corrected chi connectivity index (χ2v) is 4.85. The fraction of sp³-hybridized carbons (Fsp3) is 0.538. The summed E-state index contributed by atoms with van der Waals surface area (Å²) in [4.78, 5) is 8.89. The Labute approximate surface area is 101 Å². The first kappa shape index (κ1) is 10.7. The quantitative estimate of drug-likeness (QED) is 0.859. The molecule has 2 aromatic rings. The maximum absolute atomic E-state index is 6.00. The third-order valence-electron chi connectivity index (χ3n) is 3.73. The van der Waals surface area contributed by atoms with Gasteiger partial charge in [0.05, 0.1) is 11.7 Å². The zero-order valence-electron chi connectivity index (χ0n) is 10.1. The van der Waals surface area contributed by atoms with Gasteiger partial charge in [0.1, 0.15) is 11.3 Å². The van der Waals surface area contributed by atoms with E-state index in [1.807, 2.05) is 18.5 Å². The van der Waals surface area contributed by atoms with Gasteiger partial charge in [-0.25, -0.2) is 4.98 Å². The van der Waals surface area contributed by atoms with Crippen LogP contribution in [0.5, 0.6) is 0 Å². The van der Waals surface area contributed by atoms with Crippen LogP contribution in [-0.4, -0.2) is 20.6 Å². The zero-order valence-corrected chi connectivity index (χ0v) is 10.1. The summed E-state index contributed by atoms with van der Waals surface area (Å²) in [5, 5.41) is 0. The second-order valence-electron chi connectivity index (χ2n) is 4.85. The van der Waals surface area contributed by atoms with Crippen LogP contribution in [0.25, 0.3) is 11.0 Å². The summed E-state index contributed by atoms with van der Waals surface area (Å²) < 4.78 is 2.31. The number of hydrogen-bond acceptors (Lipinski definition) is 3. The highest BCUT2D eigenvalue weighted by molar-refractivity contribution is 5.74. The lowest BCUT2D eigenvalue weighted by atomic mass is 10.1. The largest absolute Gasteiger partial charge is 0.328 e. The molecule has 0 saturated heterocycles. The summed E-state index contributed by atoms with van der Waals surface area (Å²) in [6.45, 7) is 3.13. The fourth-order valence-electron chi connectivity index (χ4n) is 2.90. The molecule has 4 nitrogen and oxygen atoms in total. The number of rotatable bonds is 2. The Balaban J connectivity index is 2.09. The van der Waals surface area contributed by atoms with Crippen molar-refractivity contribution in [2.45, 2.75) is 44.7 Å². The van der Waals surface area contributed by atoms with E-state index >= 15 is 0 Å². The highest BCUT2D eigenvalue weighted by Gasteiger charge is 2.27. The van der Waals surface area contributed by atoms with Crippen molar-refractivity contribution in [3.63, 3.8) is 0 Å². The smallest absolute Gasteiger partial charge is 0.113 e. The van der Waals surface area contributed by atoms with Crippen molar-refractivity contribution >= 4 is 11.0 Å². The van der Waals surface area contributed by atoms with Crippen LogP contribution in [0.1, 0.15) is 37.9 Å². The Hall–Kier alpha value is -1.42. The molecule has 0 spiro atoms. The summed E-state index contributed by atoms with van der Waals surface area (Å²) in [5.74, 6) is 1.72. The normalized spacial score (nSPS) is 24.6. The summed E-state index contributed by atoms with van der Waals surface area (Å²) >= 11 is 0. The third-order valence-corrected chi connectivity index (χ3v) is 3.73. The number of nitrogens with two attached hydrogens (primary N) is 1. The van der Waals surface area contributed by atoms with E-state index in [1.165, 1.54) is 11.3 Å². The summed E-state index contributed by atoms with van der Waals surface area (Å²) in [6, 6.07) is 2.40. The maximum Gasteiger partial charge on any atom is 0.113 e. The highest BCUT2D eigenvalue weighted by atomic mass is 15.1. The molecule has 0 amide bonds. The van der Waals surface area contributed by atoms with Crippen LogP contribution in [0.15, 0.2) is 18.5 Å². The van der Waals surface area contributed by atoms with Gasteiger partial charge >= 0.3 is 0 Å². The van der Waals surface area contributed by atoms with E-state index in [-0.39, 0.29) is 0 Å². The third kappa shape index (κ3) is 1.72. The van der Waals surface area contributed by atoms with Gasteiger partial charge in [-0.3, -0.25) is 4.98 Å². The Bertz CT molecular complexity index is 531. The van der Waals surface area contributed by atoms with Gasteiger partial charge in [-0.1, -0.05) is 0 Å². The molecular formula is C13H18N4. The molecule has 2 aromatic heterocycles. The Kier molecular flexibility index (Phi) is 2.59. The molecule has 2 atom stereocenters. The number of fused-ring (bicyclic) bond motifs is 1. The molecule has 1 aliphatic carbocycles. The molecule has 2 heterocycles. The van der Waals surface area contributed by atoms with Crippen LogP contribution < -0.4 is 5.73 Å². The van der Waals surface area contributed by atoms with Crippen LogP contribution in [0, 0.1) is 0 Å². The Morgan fingerprint density at radius 1 is 1.47 bits per heavy atom. The van der Waals surface area contributed by atoms with Gasteiger partial charge in [0, 0.05) is 24.7 Å². The number of aromatic nitrogens is 3. The maximum atomic E-state index is 6.00. The Morgan fingerprint density at radius 3 is 3.06 bits per heavy atom. The van der Waals surface area contributed by atoms with Crippen LogP contribution >= 0.6 is 0 Å². The van der Waals surface area contributed by atoms with Gasteiger partial charge < -0.3 is 10.3 Å². The summed E-state index contributed by atoms with van der Waals surface area (Å²) in [5.41, 5.74) is 8.20. The molecular weight excluding hydrogens is 212 g/mol. The first-order chi connectivity index (χ1) is 8.29. The molecule has 0 aromatic carbocycles. The number of imidazole rings is 1. The second kappa shape index (κ2) is 4.11. The monoisotopic (exact) mass is 230 g/mol. The van der Waals surface area contributed by atoms with E-state index in [1.54, 1.807) is 0 Å². The Morgan fingerprint density at radius 2 is 2.35 bits per heavy atom. The molecule has 3 rings (SSSR count). The number of nitrogens with zero attached hydrogens (tertiary/aromatic N) is 3. The van der Waals surface area contributed by atoms with Crippen molar-refractivity contribution in [1.29, 1.82) is 0 Å². The van der Waals surface area contributed by atoms with Crippen LogP contribution in [-0.2, 0) is 6.54 Å². The van der Waals surface area contributed by atoms with Crippen molar-refractivity contribution in [2.24, 2.45) is 5.73 Å². The van der Waals surface area contributed by atoms with Gasteiger partial charge in [-0.05, 0) is 32.3 Å². The highest BCUT2D eigenvalue weighted by Crippen LogP contribution is 2.34. The van der Waals surface area contributed by atoms with Gasteiger partial charge in [0.25, 0.3) is 0 Å². The standard InChI is InChI=1S/C13H18N4/c1-2-17-12-5-6-15-8-11(12)16-13(17)9-3-4-10(14)7-9/h5-6,8-10H,2-4,7,14H2,1H3/t9-,10+/m1/s1. The van der Waals surface area contributed by atoms with Crippen molar-refractivity contribution < 1.29 is 0 Å². The molecule has 0 radical (unpaired) electrons. The summed E-state index contributed by atoms with van der Waals surface area (Å²) in [7, 11) is 0. The van der Waals surface area contributed by atoms with E-state index in [0.717, 1.165) is 31.3 Å². The molecule has 0 unspecified atom stereocenters. The lowest BCUT2D eigenvalue weighted by Crippen LogP contribution is -2.15. The minimum absolute atomic E-state index is 0.350. The number of pyridine rings is 1. The topological polar surface area (TPSA) is 56.7 Å². The van der Waals surface area contributed by atoms with Crippen LogP contribution in [0.2, 0.25) is 0 Å². The lowest BCUT2D eigenvalue weighted by molar-refractivity contribution is 0.598. The van der Waals surface area contributed by atoms with Crippen molar-refractivity contribution in [1.82, 2.24) is 14.5 Å². The fourth-order valence-corrected chi connectivity index (χ4v) is 2.90. The molecule has 0 aliphatic heterocycles. The van der Waals surface area contributed by atoms with E-state index in [4.69, 9.17) is 10.7 Å². The van der Waals surface area contributed by atoms with Crippen molar-refractivity contribution in [2.75, 3.05) is 0 Å². The predicted octanol–water partition coefficient (Wildman–Crippen LogP) is 2.05. The van der Waals surface area contributed by atoms with E-state index in [0.29, 0.717) is 12.0 Å². The molecule has 2 N–H and O–H groups in total. The van der Waals surface area contributed by atoms with E-state index in [2.05, 4.69) is 16.5 Å². The lowest BCUT2D eigenvalue weighted by Gasteiger charge is -2.11. The minimum Gasteiger partial charge on any atom is -0.328 e. The average Bonchev–Trinajstić information content (AvgIpc) is 2.91. The number of hydrogen-bond donors (Lipinski definition) is 1. The first-order valence-corrected chi connectivity index (χ1v) is 6.35. The molecule has 17 heavy (non-hydrogen) atoms. The zero-order chi connectivity index (χ0) is 11.8. The van der Waals surface area contributed by atoms with Gasteiger partial charge in [-0.2, -0.15) is 0 Å². The van der Waals surface area contributed by atoms with E-state index in [9.17, 15) is 0 Å². The van der Waals surface area contributed by atoms with Gasteiger partial charge in [-0.15, -0.1) is 0 Å². The van der Waals surface area contributed by atoms with Gasteiger partial charge in [0.15, 0.2) is 0 Å². The molecule has 4 heteroatoms. The first-order valence-electron chi connectivity index (χ1n) is 6.35. The molecule has 90 valence electrons. The number of aryl methyl sites for hydroxylation is 1. The molecule has 0 bridgehead atoms. The minimum atomic E-state index is 0.350. The summed E-state index contributed by atoms with van der Waals surface area (Å²) in [6.07, 6.45) is 7.03. The van der Waals surface area contributed by atoms with Crippen molar-refractivity contribution in [3.05, 3.63) is 24.3 Å². The molecule has 1 aliphatic rings. The van der Waals surface area contributed by atoms with Crippen LogP contribution in [0.4, 0.5) is 0 Å². The van der Waals surface area contributed by atoms with Crippen molar-refractivity contribution in [3.8, 4) is 0 Å². The molecule has 1 saturated carbocycles. The molecule has 1 fully saturated rings. The van der Waals surface area contributed by atoms with Gasteiger partial charge in [0.2, 0.25) is 0 Å². The van der Waals surface area contributed by atoms with E-state index < -0.39 is 0 Å². The average molecular weight is 230 g/mol. The SMILES string of the molecule is CCn1c([C@@H]2CC[C@H](N)C2)nc2cnccc21. The van der Waals surface area contributed by atoms with Crippen LogP contribution in [0.3, 0.4) is 0 Å². The predicted molar refractivity (Wildman–Crippen MR) is 67.8 cm³/mol.